The summed E-state index contributed by atoms with van der Waals surface area (Å²) in [5.74, 6) is -0.825. The molecule has 0 spiro atoms. The van der Waals surface area contributed by atoms with Gasteiger partial charge in [0.25, 0.3) is 0 Å². The molecule has 1 aliphatic carbocycles. The van der Waals surface area contributed by atoms with Gasteiger partial charge in [-0.2, -0.15) is 5.26 Å². The molecule has 124 valence electrons. The molecule has 1 N–H and O–H groups in total. The Labute approximate surface area is 139 Å². The van der Waals surface area contributed by atoms with E-state index in [2.05, 4.69) is 11.6 Å². The molecule has 4 nitrogen and oxygen atoms in total. The van der Waals surface area contributed by atoms with Crippen molar-refractivity contribution < 1.29 is 13.9 Å². The van der Waals surface area contributed by atoms with Crippen LogP contribution in [0, 0.1) is 24.1 Å². The zero-order valence-electron chi connectivity index (χ0n) is 13.8. The van der Waals surface area contributed by atoms with Gasteiger partial charge < -0.3 is 9.72 Å². The van der Waals surface area contributed by atoms with Crippen molar-refractivity contribution >= 4 is 16.9 Å². The number of aryl methyl sites for hydroxylation is 2. The number of halogens is 1. The van der Waals surface area contributed by atoms with Gasteiger partial charge in [0.2, 0.25) is 0 Å². The van der Waals surface area contributed by atoms with Crippen LogP contribution in [-0.2, 0) is 21.4 Å². The van der Waals surface area contributed by atoms with Crippen LogP contribution in [-0.4, -0.2) is 17.6 Å². The van der Waals surface area contributed by atoms with E-state index in [-0.39, 0.29) is 11.5 Å². The second kappa shape index (κ2) is 5.79. The Hall–Kier alpha value is -2.61. The van der Waals surface area contributed by atoms with Crippen LogP contribution in [0.15, 0.2) is 18.7 Å². The SMILES string of the molecule is C=CCC1(C(=O)OCC)CCc2c1[nH]c1c(C)cc(F)c(C#N)c21. The molecular weight excluding hydrogens is 307 g/mol. The zero-order valence-corrected chi connectivity index (χ0v) is 13.8. The number of nitriles is 1. The fraction of sp³-hybridized carbons (Fsp3) is 0.368. The van der Waals surface area contributed by atoms with Gasteiger partial charge >= 0.3 is 5.97 Å². The summed E-state index contributed by atoms with van der Waals surface area (Å²) < 4.78 is 19.5. The monoisotopic (exact) mass is 326 g/mol. The van der Waals surface area contributed by atoms with Crippen molar-refractivity contribution in [2.75, 3.05) is 6.61 Å². The number of ether oxygens (including phenoxy) is 1. The van der Waals surface area contributed by atoms with Crippen LogP contribution in [0.2, 0.25) is 0 Å². The number of fused-ring (bicyclic) bond motifs is 3. The number of nitrogens with zero attached hydrogens (tertiary/aromatic N) is 1. The molecule has 1 heterocycles. The quantitative estimate of drug-likeness (QED) is 0.686. The topological polar surface area (TPSA) is 65.9 Å². The predicted molar refractivity (Wildman–Crippen MR) is 89.2 cm³/mol. The Morgan fingerprint density at radius 2 is 2.38 bits per heavy atom. The first-order valence-corrected chi connectivity index (χ1v) is 8.02. The van der Waals surface area contributed by atoms with Crippen molar-refractivity contribution in [1.82, 2.24) is 4.98 Å². The number of esters is 1. The average molecular weight is 326 g/mol. The highest BCUT2D eigenvalue weighted by atomic mass is 19.1. The number of aromatic nitrogens is 1. The number of nitrogens with one attached hydrogen (secondary N) is 1. The van der Waals surface area contributed by atoms with Gasteiger partial charge in [-0.3, -0.25) is 4.79 Å². The summed E-state index contributed by atoms with van der Waals surface area (Å²) in [6.45, 7) is 7.63. The van der Waals surface area contributed by atoms with E-state index >= 15 is 0 Å². The molecule has 0 radical (unpaired) electrons. The maximum absolute atomic E-state index is 14.2. The third-order valence-electron chi connectivity index (χ3n) is 4.88. The molecule has 1 unspecified atom stereocenters. The van der Waals surface area contributed by atoms with Crippen LogP contribution < -0.4 is 0 Å². The number of carbonyl (C=O) groups excluding carboxylic acids is 1. The molecule has 1 aliphatic rings. The third kappa shape index (κ3) is 2.06. The number of hydrogen-bond donors (Lipinski definition) is 1. The highest BCUT2D eigenvalue weighted by Crippen LogP contribution is 2.46. The van der Waals surface area contributed by atoms with Gasteiger partial charge in [0.1, 0.15) is 17.3 Å². The van der Waals surface area contributed by atoms with Gasteiger partial charge in [0, 0.05) is 11.1 Å². The van der Waals surface area contributed by atoms with Gasteiger partial charge in [-0.05, 0) is 50.3 Å². The molecule has 0 amide bonds. The predicted octanol–water partition coefficient (Wildman–Crippen LogP) is 3.81. The summed E-state index contributed by atoms with van der Waals surface area (Å²) in [6, 6.07) is 3.32. The molecule has 1 aromatic heterocycles. The third-order valence-corrected chi connectivity index (χ3v) is 4.88. The number of aromatic amines is 1. The number of allylic oxidation sites excluding steroid dienone is 1. The Kier molecular flexibility index (Phi) is 3.92. The molecule has 5 heteroatoms. The summed E-state index contributed by atoms with van der Waals surface area (Å²) in [5.41, 5.74) is 2.22. The molecule has 24 heavy (non-hydrogen) atoms. The van der Waals surface area contributed by atoms with E-state index in [0.717, 1.165) is 16.8 Å². The minimum Gasteiger partial charge on any atom is -0.465 e. The van der Waals surface area contributed by atoms with E-state index in [1.807, 2.05) is 6.07 Å². The van der Waals surface area contributed by atoms with Gasteiger partial charge in [-0.25, -0.2) is 4.39 Å². The second-order valence-electron chi connectivity index (χ2n) is 6.19. The first-order valence-electron chi connectivity index (χ1n) is 8.02. The number of rotatable bonds is 4. The van der Waals surface area contributed by atoms with Crippen LogP contribution in [0.4, 0.5) is 4.39 Å². The summed E-state index contributed by atoms with van der Waals surface area (Å²) in [4.78, 5) is 16.0. The fourth-order valence-electron chi connectivity index (χ4n) is 3.80. The Morgan fingerprint density at radius 3 is 3.00 bits per heavy atom. The van der Waals surface area contributed by atoms with Crippen molar-refractivity contribution in [3.05, 3.63) is 46.9 Å². The summed E-state index contributed by atoms with van der Waals surface area (Å²) >= 11 is 0. The van der Waals surface area contributed by atoms with Crippen molar-refractivity contribution in [2.24, 2.45) is 0 Å². The van der Waals surface area contributed by atoms with Crippen molar-refractivity contribution in [3.63, 3.8) is 0 Å². The molecule has 1 atom stereocenters. The molecule has 1 aromatic carbocycles. The van der Waals surface area contributed by atoms with E-state index in [1.165, 1.54) is 6.07 Å². The van der Waals surface area contributed by atoms with Gasteiger partial charge in [-0.15, -0.1) is 6.58 Å². The lowest BCUT2D eigenvalue weighted by Gasteiger charge is -2.25. The van der Waals surface area contributed by atoms with Gasteiger partial charge in [0.05, 0.1) is 17.7 Å². The van der Waals surface area contributed by atoms with Crippen molar-refractivity contribution in [1.29, 1.82) is 5.26 Å². The van der Waals surface area contributed by atoms with Crippen molar-refractivity contribution in [2.45, 2.75) is 38.5 Å². The van der Waals surface area contributed by atoms with Crippen LogP contribution in [0.1, 0.15) is 42.1 Å². The lowest BCUT2D eigenvalue weighted by Crippen LogP contribution is -2.35. The first-order chi connectivity index (χ1) is 11.5. The van der Waals surface area contributed by atoms with Crippen molar-refractivity contribution in [3.8, 4) is 6.07 Å². The maximum atomic E-state index is 14.2. The van der Waals surface area contributed by atoms with Crippen LogP contribution >= 0.6 is 0 Å². The van der Waals surface area contributed by atoms with Gasteiger partial charge in [0.15, 0.2) is 0 Å². The largest absolute Gasteiger partial charge is 0.465 e. The first kappa shape index (κ1) is 16.3. The average Bonchev–Trinajstić information content (AvgIpc) is 3.08. The van der Waals surface area contributed by atoms with Gasteiger partial charge in [-0.1, -0.05) is 6.08 Å². The Balaban J connectivity index is 2.32. The molecule has 0 aliphatic heterocycles. The minimum absolute atomic E-state index is 0.0337. The molecule has 0 bridgehead atoms. The number of H-pyrrole nitrogens is 1. The van der Waals surface area contributed by atoms with Crippen LogP contribution in [0.3, 0.4) is 0 Å². The molecular formula is C19H19FN2O2. The van der Waals surface area contributed by atoms with E-state index < -0.39 is 11.2 Å². The Bertz CT molecular complexity index is 891. The number of carbonyl (C=O) groups is 1. The standard InChI is InChI=1S/C19H19FN2O2/c1-4-7-19(18(23)24-5-2)8-6-12-15-13(10-21)14(20)9-11(3)16(15)22-17(12)19/h4,9,22H,1,5-8H2,2-3H3. The molecule has 0 saturated carbocycles. The van der Waals surface area contributed by atoms with Crippen LogP contribution in [0.25, 0.3) is 10.9 Å². The number of hydrogen-bond acceptors (Lipinski definition) is 3. The molecule has 3 rings (SSSR count). The van der Waals surface area contributed by atoms with Crippen LogP contribution in [0.5, 0.6) is 0 Å². The second-order valence-corrected chi connectivity index (χ2v) is 6.19. The van der Waals surface area contributed by atoms with E-state index in [0.29, 0.717) is 36.8 Å². The molecule has 0 saturated heterocycles. The molecule has 2 aromatic rings. The highest BCUT2D eigenvalue weighted by Gasteiger charge is 2.48. The fourth-order valence-corrected chi connectivity index (χ4v) is 3.80. The summed E-state index contributed by atoms with van der Waals surface area (Å²) in [5, 5.41) is 9.97. The summed E-state index contributed by atoms with van der Waals surface area (Å²) in [7, 11) is 0. The smallest absolute Gasteiger partial charge is 0.318 e. The summed E-state index contributed by atoms with van der Waals surface area (Å²) in [6.07, 6.45) is 3.31. The lowest BCUT2D eigenvalue weighted by atomic mass is 9.82. The van der Waals surface area contributed by atoms with E-state index in [4.69, 9.17) is 4.74 Å². The minimum atomic E-state index is -0.832. The van der Waals surface area contributed by atoms with E-state index in [1.54, 1.807) is 19.9 Å². The zero-order chi connectivity index (χ0) is 17.5. The normalized spacial score (nSPS) is 19.1. The number of benzene rings is 1. The van der Waals surface area contributed by atoms with E-state index in [9.17, 15) is 14.4 Å². The lowest BCUT2D eigenvalue weighted by molar-refractivity contribution is -0.150. The molecule has 0 fully saturated rings. The highest BCUT2D eigenvalue weighted by molar-refractivity contribution is 5.96. The maximum Gasteiger partial charge on any atom is 0.318 e. The Morgan fingerprint density at radius 1 is 1.62 bits per heavy atom.